The van der Waals surface area contributed by atoms with Gasteiger partial charge in [0.1, 0.15) is 11.5 Å². The molecule has 0 saturated carbocycles. The fourth-order valence-electron chi connectivity index (χ4n) is 3.64. The summed E-state index contributed by atoms with van der Waals surface area (Å²) in [5.41, 5.74) is -0.333. The number of rotatable bonds is 8. The van der Waals surface area contributed by atoms with Crippen LogP contribution in [0.2, 0.25) is 0 Å². The maximum absolute atomic E-state index is 13.7. The van der Waals surface area contributed by atoms with E-state index in [0.29, 0.717) is 22.6 Å². The molecule has 158 valence electrons. The lowest BCUT2D eigenvalue weighted by Gasteiger charge is -2.28. The zero-order valence-electron chi connectivity index (χ0n) is 17.3. The highest BCUT2D eigenvalue weighted by atomic mass is 16.5. The summed E-state index contributed by atoms with van der Waals surface area (Å²) in [5.74, 6) is 0.119. The van der Waals surface area contributed by atoms with Crippen LogP contribution < -0.4 is 14.8 Å². The molecule has 1 N–H and O–H groups in total. The van der Waals surface area contributed by atoms with Crippen LogP contribution in [0.25, 0.3) is 0 Å². The molecule has 0 aliphatic carbocycles. The van der Waals surface area contributed by atoms with Gasteiger partial charge in [0.15, 0.2) is 5.54 Å². The first-order valence-corrected chi connectivity index (χ1v) is 9.70. The molecule has 0 unspecified atom stereocenters. The van der Waals surface area contributed by atoms with Crippen molar-refractivity contribution in [2.24, 2.45) is 5.92 Å². The Labute approximate surface area is 180 Å². The Morgan fingerprint density at radius 1 is 0.968 bits per heavy atom. The second kappa shape index (κ2) is 9.19. The Morgan fingerprint density at radius 3 is 1.90 bits per heavy atom. The monoisotopic (exact) mass is 418 g/mol. The second-order valence-corrected chi connectivity index (χ2v) is 7.08. The fourth-order valence-corrected chi connectivity index (χ4v) is 3.64. The van der Waals surface area contributed by atoms with E-state index in [-0.39, 0.29) is 19.4 Å². The van der Waals surface area contributed by atoms with E-state index in [1.807, 2.05) is 6.07 Å². The molecule has 1 saturated heterocycles. The van der Waals surface area contributed by atoms with Crippen molar-refractivity contribution in [2.75, 3.05) is 20.8 Å². The van der Waals surface area contributed by atoms with Crippen molar-refractivity contribution in [2.45, 2.75) is 18.4 Å². The minimum Gasteiger partial charge on any atom is -0.497 e. The van der Waals surface area contributed by atoms with Crippen molar-refractivity contribution in [3.05, 3.63) is 59.7 Å². The summed E-state index contributed by atoms with van der Waals surface area (Å²) in [5, 5.41) is 21.1. The standard InChI is InChI=1S/C23H22N4O4/c1-30-19-9-5-17(6-10-19)23(18-7-11-20(31-2)12-8-18)21(28)27(22(29)26-23)15-16(14-25)4-3-13-24/h5-12,16H,3-4,15H2,1-2H3,(H,26,29)/t16-/m0/s1. The summed E-state index contributed by atoms with van der Waals surface area (Å²) in [7, 11) is 3.09. The molecule has 0 bridgehead atoms. The Morgan fingerprint density at radius 2 is 1.48 bits per heavy atom. The number of imide groups is 1. The summed E-state index contributed by atoms with van der Waals surface area (Å²) >= 11 is 0. The highest BCUT2D eigenvalue weighted by Crippen LogP contribution is 2.38. The molecule has 8 nitrogen and oxygen atoms in total. The van der Waals surface area contributed by atoms with Crippen LogP contribution in [0, 0.1) is 28.6 Å². The van der Waals surface area contributed by atoms with Crippen molar-refractivity contribution in [1.82, 2.24) is 10.2 Å². The van der Waals surface area contributed by atoms with Crippen LogP contribution in [0.15, 0.2) is 48.5 Å². The van der Waals surface area contributed by atoms with Gasteiger partial charge in [-0.3, -0.25) is 9.69 Å². The van der Waals surface area contributed by atoms with Crippen LogP contribution in [0.4, 0.5) is 4.79 Å². The number of hydrogen-bond donors (Lipinski definition) is 1. The van der Waals surface area contributed by atoms with E-state index in [9.17, 15) is 14.9 Å². The third kappa shape index (κ3) is 4.01. The third-order valence-corrected chi connectivity index (χ3v) is 5.34. The highest BCUT2D eigenvalue weighted by Gasteiger charge is 2.54. The molecule has 1 aliphatic heterocycles. The molecule has 2 aromatic carbocycles. The van der Waals surface area contributed by atoms with Crippen molar-refractivity contribution < 1.29 is 19.1 Å². The first-order valence-electron chi connectivity index (χ1n) is 9.70. The molecule has 1 fully saturated rings. The van der Waals surface area contributed by atoms with Gasteiger partial charge in [-0.25, -0.2) is 4.79 Å². The SMILES string of the molecule is COc1ccc(C2(c3ccc(OC)cc3)NC(=O)N(C[C@H](C#N)CCC#N)C2=O)cc1. The van der Waals surface area contributed by atoms with E-state index < -0.39 is 23.4 Å². The molecule has 0 spiro atoms. The topological polar surface area (TPSA) is 115 Å². The van der Waals surface area contributed by atoms with Gasteiger partial charge in [0.2, 0.25) is 0 Å². The van der Waals surface area contributed by atoms with Crippen molar-refractivity contribution in [3.63, 3.8) is 0 Å². The number of nitriles is 2. The van der Waals surface area contributed by atoms with Gasteiger partial charge in [0, 0.05) is 13.0 Å². The van der Waals surface area contributed by atoms with E-state index in [1.54, 1.807) is 62.8 Å². The van der Waals surface area contributed by atoms with Crippen LogP contribution in [-0.4, -0.2) is 37.6 Å². The lowest BCUT2D eigenvalue weighted by Crippen LogP contribution is -2.45. The normalized spacial score (nSPS) is 15.5. The molecule has 3 amide bonds. The maximum Gasteiger partial charge on any atom is 0.325 e. The number of nitrogens with zero attached hydrogens (tertiary/aromatic N) is 3. The van der Waals surface area contributed by atoms with Gasteiger partial charge >= 0.3 is 6.03 Å². The molecule has 8 heteroatoms. The van der Waals surface area contributed by atoms with Gasteiger partial charge in [-0.2, -0.15) is 10.5 Å². The van der Waals surface area contributed by atoms with Crippen LogP contribution in [0.5, 0.6) is 11.5 Å². The quantitative estimate of drug-likeness (QED) is 0.659. The summed E-state index contributed by atoms with van der Waals surface area (Å²) in [6.45, 7) is -0.0864. The van der Waals surface area contributed by atoms with E-state index in [1.165, 1.54) is 0 Å². The summed E-state index contributed by atoms with van der Waals surface area (Å²) < 4.78 is 10.4. The Balaban J connectivity index is 2.05. The van der Waals surface area contributed by atoms with Crippen molar-refractivity contribution in [1.29, 1.82) is 10.5 Å². The van der Waals surface area contributed by atoms with Gasteiger partial charge in [-0.15, -0.1) is 0 Å². The van der Waals surface area contributed by atoms with E-state index >= 15 is 0 Å². The zero-order chi connectivity index (χ0) is 22.4. The number of amides is 3. The van der Waals surface area contributed by atoms with E-state index in [2.05, 4.69) is 11.4 Å². The van der Waals surface area contributed by atoms with Crippen LogP contribution >= 0.6 is 0 Å². The fraction of sp³-hybridized carbons (Fsp3) is 0.304. The molecule has 31 heavy (non-hydrogen) atoms. The summed E-state index contributed by atoms with van der Waals surface area (Å²) in [6, 6.07) is 17.2. The molecule has 0 radical (unpaired) electrons. The number of carbonyl (C=O) groups excluding carboxylic acids is 2. The predicted octanol–water partition coefficient (Wildman–Crippen LogP) is 2.94. The number of carbonyl (C=O) groups is 2. The summed E-state index contributed by atoms with van der Waals surface area (Å²) in [4.78, 5) is 27.6. The first-order chi connectivity index (χ1) is 15.0. The molecule has 1 atom stereocenters. The smallest absolute Gasteiger partial charge is 0.325 e. The zero-order valence-corrected chi connectivity index (χ0v) is 17.3. The number of hydrogen-bond acceptors (Lipinski definition) is 6. The maximum atomic E-state index is 13.7. The van der Waals surface area contributed by atoms with Crippen LogP contribution in [0.3, 0.4) is 0 Å². The Bertz CT molecular complexity index is 988. The van der Waals surface area contributed by atoms with Crippen LogP contribution in [-0.2, 0) is 10.3 Å². The molecule has 3 rings (SSSR count). The molecular weight excluding hydrogens is 396 g/mol. The third-order valence-electron chi connectivity index (χ3n) is 5.34. The lowest BCUT2D eigenvalue weighted by atomic mass is 9.82. The van der Waals surface area contributed by atoms with Gasteiger partial charge in [-0.05, 0) is 41.8 Å². The number of nitrogens with one attached hydrogen (secondary N) is 1. The van der Waals surface area contributed by atoms with Gasteiger partial charge in [0.05, 0.1) is 32.3 Å². The molecular formula is C23H22N4O4. The number of benzene rings is 2. The average molecular weight is 418 g/mol. The summed E-state index contributed by atoms with van der Waals surface area (Å²) in [6.07, 6.45) is 0.451. The lowest BCUT2D eigenvalue weighted by molar-refractivity contribution is -0.130. The molecule has 1 heterocycles. The largest absolute Gasteiger partial charge is 0.497 e. The van der Waals surface area contributed by atoms with Gasteiger partial charge in [0.25, 0.3) is 5.91 Å². The highest BCUT2D eigenvalue weighted by molar-refractivity contribution is 6.09. The van der Waals surface area contributed by atoms with Gasteiger partial charge in [-0.1, -0.05) is 24.3 Å². The van der Waals surface area contributed by atoms with Crippen molar-refractivity contribution >= 4 is 11.9 Å². The Hall–Kier alpha value is -4.04. The van der Waals surface area contributed by atoms with E-state index in [0.717, 1.165) is 4.90 Å². The van der Waals surface area contributed by atoms with Gasteiger partial charge < -0.3 is 14.8 Å². The molecule has 0 aromatic heterocycles. The average Bonchev–Trinajstić information content (AvgIpc) is 3.07. The second-order valence-electron chi connectivity index (χ2n) is 7.08. The van der Waals surface area contributed by atoms with Crippen molar-refractivity contribution in [3.8, 4) is 23.6 Å². The Kier molecular flexibility index (Phi) is 6.42. The van der Waals surface area contributed by atoms with Crippen LogP contribution in [0.1, 0.15) is 24.0 Å². The number of ether oxygens (including phenoxy) is 2. The van der Waals surface area contributed by atoms with E-state index in [4.69, 9.17) is 14.7 Å². The molecule has 2 aromatic rings. The predicted molar refractivity (Wildman–Crippen MR) is 111 cm³/mol. The minimum absolute atomic E-state index is 0.0864. The number of urea groups is 1. The first kappa shape index (κ1) is 21.7. The number of methoxy groups -OCH3 is 2. The minimum atomic E-state index is -1.45. The molecule has 1 aliphatic rings.